The van der Waals surface area contributed by atoms with E-state index in [1.54, 1.807) is 7.11 Å². The predicted octanol–water partition coefficient (Wildman–Crippen LogP) is 1.83. The van der Waals surface area contributed by atoms with Gasteiger partial charge >= 0.3 is 0 Å². The summed E-state index contributed by atoms with van der Waals surface area (Å²) in [5, 5.41) is 3.39. The smallest absolute Gasteiger partial charge is 0.212 e. The Labute approximate surface area is 113 Å². The number of nitrogens with one attached hydrogen (secondary N) is 1. The highest BCUT2D eigenvalue weighted by Crippen LogP contribution is 2.09. The first-order valence-electron chi connectivity index (χ1n) is 6.52. The molecule has 102 valence electrons. The van der Waals surface area contributed by atoms with Crippen LogP contribution in [0.5, 0.6) is 5.88 Å². The molecule has 0 aliphatic heterocycles. The van der Waals surface area contributed by atoms with Crippen LogP contribution in [0.15, 0.2) is 30.9 Å². The maximum absolute atomic E-state index is 5.05. The van der Waals surface area contributed by atoms with Gasteiger partial charge in [-0.2, -0.15) is 0 Å². The predicted molar refractivity (Wildman–Crippen MR) is 74.1 cm³/mol. The van der Waals surface area contributed by atoms with Crippen LogP contribution in [0.25, 0.3) is 0 Å². The molecule has 0 saturated carbocycles. The highest BCUT2D eigenvalue weighted by Gasteiger charge is 2.03. The average molecular weight is 260 g/mol. The minimum Gasteiger partial charge on any atom is -0.481 e. The first-order chi connectivity index (χ1) is 9.33. The van der Waals surface area contributed by atoms with Gasteiger partial charge in [-0.15, -0.1) is 0 Å². The number of aromatic nitrogens is 3. The van der Waals surface area contributed by atoms with Crippen molar-refractivity contribution in [3.8, 4) is 5.88 Å². The summed E-state index contributed by atoms with van der Waals surface area (Å²) in [5.74, 6) is 0.638. The van der Waals surface area contributed by atoms with Crippen molar-refractivity contribution in [2.75, 3.05) is 13.7 Å². The number of hydrogen-bond acceptors (Lipinski definition) is 4. The number of methoxy groups -OCH3 is 1. The van der Waals surface area contributed by atoms with Crippen LogP contribution >= 0.6 is 0 Å². The zero-order valence-corrected chi connectivity index (χ0v) is 11.5. The van der Waals surface area contributed by atoms with Crippen LogP contribution in [0.3, 0.4) is 0 Å². The van der Waals surface area contributed by atoms with E-state index in [0.717, 1.165) is 31.6 Å². The average Bonchev–Trinajstić information content (AvgIpc) is 2.87. The molecule has 19 heavy (non-hydrogen) atoms. The molecule has 2 heterocycles. The molecule has 2 aromatic rings. The number of rotatable bonds is 7. The minimum atomic E-state index is 0.638. The number of imidazole rings is 1. The second-order valence-corrected chi connectivity index (χ2v) is 4.40. The molecule has 0 saturated heterocycles. The van der Waals surface area contributed by atoms with E-state index in [0.29, 0.717) is 5.88 Å². The minimum absolute atomic E-state index is 0.638. The van der Waals surface area contributed by atoms with Crippen molar-refractivity contribution in [2.24, 2.45) is 0 Å². The summed E-state index contributed by atoms with van der Waals surface area (Å²) in [5.41, 5.74) is 2.32. The van der Waals surface area contributed by atoms with E-state index in [1.165, 1.54) is 5.69 Å². The topological polar surface area (TPSA) is 52.0 Å². The molecule has 2 aromatic heterocycles. The molecular formula is C14H20N4O. The summed E-state index contributed by atoms with van der Waals surface area (Å²) in [6, 6.07) is 3.90. The normalized spacial score (nSPS) is 10.6. The molecule has 0 bridgehead atoms. The number of pyridine rings is 1. The molecule has 2 rings (SSSR count). The molecule has 0 atom stereocenters. The van der Waals surface area contributed by atoms with Crippen molar-refractivity contribution in [3.05, 3.63) is 42.1 Å². The van der Waals surface area contributed by atoms with E-state index in [-0.39, 0.29) is 0 Å². The van der Waals surface area contributed by atoms with Gasteiger partial charge in [0.1, 0.15) is 0 Å². The number of ether oxygens (including phenoxy) is 1. The van der Waals surface area contributed by atoms with Gasteiger partial charge in [0.05, 0.1) is 25.7 Å². The van der Waals surface area contributed by atoms with Gasteiger partial charge < -0.3 is 14.6 Å². The maximum atomic E-state index is 5.05. The Balaban J connectivity index is 1.99. The first kappa shape index (κ1) is 13.5. The highest BCUT2D eigenvalue weighted by molar-refractivity contribution is 5.18. The quantitative estimate of drug-likeness (QED) is 0.772. The van der Waals surface area contributed by atoms with E-state index in [4.69, 9.17) is 4.74 Å². The third-order valence-electron chi connectivity index (χ3n) is 2.89. The monoisotopic (exact) mass is 260 g/mol. The molecule has 0 aromatic carbocycles. The van der Waals surface area contributed by atoms with E-state index in [2.05, 4.69) is 26.8 Å². The molecule has 5 heteroatoms. The van der Waals surface area contributed by atoms with Gasteiger partial charge in [0.15, 0.2) is 0 Å². The third-order valence-corrected chi connectivity index (χ3v) is 2.89. The summed E-state index contributed by atoms with van der Waals surface area (Å²) >= 11 is 0. The van der Waals surface area contributed by atoms with Gasteiger partial charge in [0, 0.05) is 25.0 Å². The Kier molecular flexibility index (Phi) is 4.92. The first-order valence-corrected chi connectivity index (χ1v) is 6.52. The summed E-state index contributed by atoms with van der Waals surface area (Å²) in [7, 11) is 1.62. The Hall–Kier alpha value is -1.88. The molecule has 5 nitrogen and oxygen atoms in total. The van der Waals surface area contributed by atoms with Crippen molar-refractivity contribution in [2.45, 2.75) is 26.4 Å². The standard InChI is InChI=1S/C14H20N4O/c1-3-6-15-8-13-9-16-11-18(13)10-12-4-5-14(19-2)17-7-12/h4-5,7,9,11,15H,3,6,8,10H2,1-2H3. The lowest BCUT2D eigenvalue weighted by Gasteiger charge is -2.09. The van der Waals surface area contributed by atoms with Gasteiger partial charge in [-0.3, -0.25) is 0 Å². The molecule has 0 aliphatic rings. The zero-order valence-electron chi connectivity index (χ0n) is 11.5. The van der Waals surface area contributed by atoms with Gasteiger partial charge in [-0.05, 0) is 18.5 Å². The van der Waals surface area contributed by atoms with Crippen molar-refractivity contribution in [3.63, 3.8) is 0 Å². The lowest BCUT2D eigenvalue weighted by atomic mass is 10.3. The van der Waals surface area contributed by atoms with Crippen LogP contribution in [0, 0.1) is 0 Å². The lowest BCUT2D eigenvalue weighted by Crippen LogP contribution is -2.17. The van der Waals surface area contributed by atoms with Crippen molar-refractivity contribution >= 4 is 0 Å². The molecule has 0 fully saturated rings. The largest absolute Gasteiger partial charge is 0.481 e. The van der Waals surface area contributed by atoms with Gasteiger partial charge in [-0.25, -0.2) is 9.97 Å². The molecule has 0 aliphatic carbocycles. The molecule has 0 spiro atoms. The van der Waals surface area contributed by atoms with Gasteiger partial charge in [0.25, 0.3) is 0 Å². The molecular weight excluding hydrogens is 240 g/mol. The third kappa shape index (κ3) is 3.79. The zero-order chi connectivity index (χ0) is 13.5. The fourth-order valence-electron chi connectivity index (χ4n) is 1.85. The fraction of sp³-hybridized carbons (Fsp3) is 0.429. The van der Waals surface area contributed by atoms with Crippen LogP contribution in [0.2, 0.25) is 0 Å². The summed E-state index contributed by atoms with van der Waals surface area (Å²) < 4.78 is 7.18. The SMILES string of the molecule is CCCNCc1cncn1Cc1ccc(OC)nc1. The van der Waals surface area contributed by atoms with E-state index in [1.807, 2.05) is 30.9 Å². The molecule has 0 amide bonds. The summed E-state index contributed by atoms with van der Waals surface area (Å²) in [6.45, 7) is 4.81. The Morgan fingerprint density at radius 2 is 2.21 bits per heavy atom. The second-order valence-electron chi connectivity index (χ2n) is 4.40. The Morgan fingerprint density at radius 3 is 2.89 bits per heavy atom. The van der Waals surface area contributed by atoms with E-state index < -0.39 is 0 Å². The molecule has 0 unspecified atom stereocenters. The fourth-order valence-corrected chi connectivity index (χ4v) is 1.85. The highest BCUT2D eigenvalue weighted by atomic mass is 16.5. The second kappa shape index (κ2) is 6.89. The van der Waals surface area contributed by atoms with Crippen LogP contribution in [0.1, 0.15) is 24.6 Å². The van der Waals surface area contributed by atoms with Crippen LogP contribution in [-0.2, 0) is 13.1 Å². The van der Waals surface area contributed by atoms with E-state index >= 15 is 0 Å². The van der Waals surface area contributed by atoms with Crippen LogP contribution in [-0.4, -0.2) is 28.2 Å². The Morgan fingerprint density at radius 1 is 1.32 bits per heavy atom. The van der Waals surface area contributed by atoms with Crippen molar-refractivity contribution in [1.29, 1.82) is 0 Å². The number of nitrogens with zero attached hydrogens (tertiary/aromatic N) is 3. The molecule has 0 radical (unpaired) electrons. The van der Waals surface area contributed by atoms with Gasteiger partial charge in [-0.1, -0.05) is 13.0 Å². The molecule has 1 N–H and O–H groups in total. The number of hydrogen-bond donors (Lipinski definition) is 1. The Bertz CT molecular complexity index is 492. The summed E-state index contributed by atoms with van der Waals surface area (Å²) in [4.78, 5) is 8.42. The van der Waals surface area contributed by atoms with Gasteiger partial charge in [0.2, 0.25) is 5.88 Å². The lowest BCUT2D eigenvalue weighted by molar-refractivity contribution is 0.397. The van der Waals surface area contributed by atoms with Crippen molar-refractivity contribution < 1.29 is 4.74 Å². The van der Waals surface area contributed by atoms with E-state index in [9.17, 15) is 0 Å². The van der Waals surface area contributed by atoms with Crippen LogP contribution in [0.4, 0.5) is 0 Å². The summed E-state index contributed by atoms with van der Waals surface area (Å²) in [6.07, 6.45) is 6.73. The van der Waals surface area contributed by atoms with Crippen molar-refractivity contribution in [1.82, 2.24) is 19.9 Å². The maximum Gasteiger partial charge on any atom is 0.212 e. The van der Waals surface area contributed by atoms with Crippen LogP contribution < -0.4 is 10.1 Å².